The number of hydrogen-bond donors (Lipinski definition) is 0. The molecule has 1 aromatic heterocycles. The first kappa shape index (κ1) is 12.9. The van der Waals surface area contributed by atoms with Gasteiger partial charge in [0.25, 0.3) is 0 Å². The maximum absolute atomic E-state index is 11.9. The van der Waals surface area contributed by atoms with Gasteiger partial charge >= 0.3 is 0 Å². The van der Waals surface area contributed by atoms with E-state index >= 15 is 0 Å². The van der Waals surface area contributed by atoms with Crippen LogP contribution in [0.2, 0.25) is 0 Å². The van der Waals surface area contributed by atoms with E-state index in [1.807, 2.05) is 6.92 Å². The molecule has 16 heavy (non-hydrogen) atoms. The smallest absolute Gasteiger partial charge is 0.198 e. The van der Waals surface area contributed by atoms with Crippen molar-refractivity contribution in [2.75, 3.05) is 6.26 Å². The monoisotopic (exact) mass is 244 g/mol. The third-order valence-electron chi connectivity index (χ3n) is 2.42. The van der Waals surface area contributed by atoms with Crippen molar-refractivity contribution in [1.29, 1.82) is 0 Å². The van der Waals surface area contributed by atoms with Gasteiger partial charge in [0.15, 0.2) is 15.6 Å². The molecule has 90 valence electrons. The van der Waals surface area contributed by atoms with E-state index in [0.29, 0.717) is 12.2 Å². The molecule has 1 rings (SSSR count). The summed E-state index contributed by atoms with van der Waals surface area (Å²) in [6.45, 7) is 3.99. The minimum absolute atomic E-state index is 0.361. The Balaban J connectivity index is 3.01. The van der Waals surface area contributed by atoms with Gasteiger partial charge in [-0.3, -0.25) is 9.48 Å². The van der Waals surface area contributed by atoms with Crippen LogP contribution in [-0.2, 0) is 16.4 Å². The summed E-state index contributed by atoms with van der Waals surface area (Å²) in [6, 6.07) is 1.56. The van der Waals surface area contributed by atoms with Crippen molar-refractivity contribution in [1.82, 2.24) is 9.78 Å². The summed E-state index contributed by atoms with van der Waals surface area (Å²) in [6.07, 6.45) is 3.42. The molecule has 0 amide bonds. The van der Waals surface area contributed by atoms with Crippen molar-refractivity contribution in [2.45, 2.75) is 32.1 Å². The summed E-state index contributed by atoms with van der Waals surface area (Å²) in [5, 5.41) is 2.98. The van der Waals surface area contributed by atoms with Gasteiger partial charge in [-0.05, 0) is 19.4 Å². The van der Waals surface area contributed by atoms with Crippen LogP contribution >= 0.6 is 0 Å². The molecule has 0 N–H and O–H groups in total. The van der Waals surface area contributed by atoms with Gasteiger partial charge in [0.05, 0.1) is 0 Å². The maximum atomic E-state index is 11.9. The second-order valence-electron chi connectivity index (χ2n) is 3.78. The summed E-state index contributed by atoms with van der Waals surface area (Å²) >= 11 is 0. The second kappa shape index (κ2) is 4.78. The first-order valence-corrected chi connectivity index (χ1v) is 7.08. The van der Waals surface area contributed by atoms with Gasteiger partial charge in [-0.15, -0.1) is 0 Å². The van der Waals surface area contributed by atoms with Crippen LogP contribution in [0.5, 0.6) is 0 Å². The molecule has 0 bridgehead atoms. The van der Waals surface area contributed by atoms with Crippen LogP contribution in [0.15, 0.2) is 12.3 Å². The zero-order valence-electron chi connectivity index (χ0n) is 9.67. The van der Waals surface area contributed by atoms with Crippen molar-refractivity contribution < 1.29 is 13.2 Å². The Hall–Kier alpha value is -1.17. The SMILES string of the molecule is CCCn1nccc1C(=O)C(C)S(C)(=O)=O. The van der Waals surface area contributed by atoms with Crippen molar-refractivity contribution in [3.05, 3.63) is 18.0 Å². The van der Waals surface area contributed by atoms with Crippen molar-refractivity contribution in [3.8, 4) is 0 Å². The highest BCUT2D eigenvalue weighted by atomic mass is 32.2. The van der Waals surface area contributed by atoms with Crippen molar-refractivity contribution in [2.24, 2.45) is 0 Å². The van der Waals surface area contributed by atoms with Crippen LogP contribution in [0.4, 0.5) is 0 Å². The lowest BCUT2D eigenvalue weighted by molar-refractivity contribution is 0.0981. The predicted octanol–water partition coefficient (Wildman–Crippen LogP) is 0.909. The van der Waals surface area contributed by atoms with Crippen LogP contribution in [0.3, 0.4) is 0 Å². The molecule has 0 spiro atoms. The summed E-state index contributed by atoms with van der Waals surface area (Å²) in [5.74, 6) is -0.395. The van der Waals surface area contributed by atoms with Crippen LogP contribution in [0.25, 0.3) is 0 Å². The van der Waals surface area contributed by atoms with Gasteiger partial charge in [-0.2, -0.15) is 5.10 Å². The summed E-state index contributed by atoms with van der Waals surface area (Å²) in [7, 11) is -3.35. The van der Waals surface area contributed by atoms with Gasteiger partial charge in [0.2, 0.25) is 0 Å². The number of hydrogen-bond acceptors (Lipinski definition) is 4. The maximum Gasteiger partial charge on any atom is 0.198 e. The average Bonchev–Trinajstić information content (AvgIpc) is 2.63. The minimum atomic E-state index is -3.35. The topological polar surface area (TPSA) is 69.0 Å². The van der Waals surface area contributed by atoms with E-state index < -0.39 is 20.9 Å². The van der Waals surface area contributed by atoms with E-state index in [4.69, 9.17) is 0 Å². The summed E-state index contributed by atoms with van der Waals surface area (Å²) in [5.41, 5.74) is 0.361. The molecule has 0 aliphatic heterocycles. The van der Waals surface area contributed by atoms with Crippen molar-refractivity contribution >= 4 is 15.6 Å². The van der Waals surface area contributed by atoms with Gasteiger partial charge < -0.3 is 0 Å². The van der Waals surface area contributed by atoms with E-state index in [1.165, 1.54) is 13.1 Å². The van der Waals surface area contributed by atoms with Crippen LogP contribution in [0.1, 0.15) is 30.8 Å². The third-order valence-corrected chi connectivity index (χ3v) is 3.91. The molecule has 5 nitrogen and oxygen atoms in total. The molecule has 1 unspecified atom stereocenters. The molecule has 0 aliphatic carbocycles. The zero-order valence-corrected chi connectivity index (χ0v) is 10.5. The number of rotatable bonds is 5. The number of nitrogens with zero attached hydrogens (tertiary/aromatic N) is 2. The number of aromatic nitrogens is 2. The van der Waals surface area contributed by atoms with Gasteiger partial charge in [0, 0.05) is 19.0 Å². The molecule has 1 atom stereocenters. The third kappa shape index (κ3) is 2.69. The van der Waals surface area contributed by atoms with E-state index in [2.05, 4.69) is 5.10 Å². The molecule has 0 saturated heterocycles. The number of aryl methyl sites for hydroxylation is 1. The molecule has 0 aromatic carbocycles. The predicted molar refractivity (Wildman–Crippen MR) is 61.2 cm³/mol. The second-order valence-corrected chi connectivity index (χ2v) is 6.14. The Morgan fingerprint density at radius 3 is 2.69 bits per heavy atom. The average molecular weight is 244 g/mol. The largest absolute Gasteiger partial charge is 0.291 e. The number of Topliss-reactive ketones (excluding diaryl/α,β-unsaturated/α-hetero) is 1. The van der Waals surface area contributed by atoms with E-state index in [1.54, 1.807) is 10.7 Å². The fourth-order valence-corrected chi connectivity index (χ4v) is 1.84. The summed E-state index contributed by atoms with van der Waals surface area (Å²) in [4.78, 5) is 11.9. The highest BCUT2D eigenvalue weighted by molar-refractivity contribution is 7.92. The Kier molecular flexibility index (Phi) is 3.85. The molecular weight excluding hydrogens is 228 g/mol. The molecular formula is C10H16N2O3S. The highest BCUT2D eigenvalue weighted by Gasteiger charge is 2.26. The number of carbonyl (C=O) groups excluding carboxylic acids is 1. The lowest BCUT2D eigenvalue weighted by Gasteiger charge is -2.09. The molecule has 1 aromatic rings. The van der Waals surface area contributed by atoms with Crippen LogP contribution < -0.4 is 0 Å². The molecule has 6 heteroatoms. The zero-order chi connectivity index (χ0) is 12.3. The normalized spacial score (nSPS) is 13.7. The standard InChI is InChI=1S/C10H16N2O3S/c1-4-7-12-9(5-6-11-12)10(13)8(2)16(3,14)15/h5-6,8H,4,7H2,1-3H3. The quantitative estimate of drug-likeness (QED) is 0.722. The van der Waals surface area contributed by atoms with Crippen molar-refractivity contribution in [3.63, 3.8) is 0 Å². The Labute approximate surface area is 95.4 Å². The minimum Gasteiger partial charge on any atom is -0.291 e. The molecule has 0 fully saturated rings. The van der Waals surface area contributed by atoms with E-state index in [-0.39, 0.29) is 0 Å². The fraction of sp³-hybridized carbons (Fsp3) is 0.600. The van der Waals surface area contributed by atoms with E-state index in [9.17, 15) is 13.2 Å². The molecule has 1 heterocycles. The number of carbonyl (C=O) groups is 1. The number of sulfone groups is 1. The molecule has 0 radical (unpaired) electrons. The van der Waals surface area contributed by atoms with Gasteiger partial charge in [-0.25, -0.2) is 8.42 Å². The molecule has 0 aliphatic rings. The Morgan fingerprint density at radius 1 is 1.56 bits per heavy atom. The summed E-state index contributed by atoms with van der Waals surface area (Å²) < 4.78 is 24.1. The van der Waals surface area contributed by atoms with Gasteiger partial charge in [0.1, 0.15) is 10.9 Å². The van der Waals surface area contributed by atoms with E-state index in [0.717, 1.165) is 12.7 Å². The first-order chi connectivity index (χ1) is 7.38. The lowest BCUT2D eigenvalue weighted by Crippen LogP contribution is -2.28. The number of ketones is 1. The Morgan fingerprint density at radius 2 is 2.19 bits per heavy atom. The highest BCUT2D eigenvalue weighted by Crippen LogP contribution is 2.09. The fourth-order valence-electron chi connectivity index (χ4n) is 1.33. The molecule has 0 saturated carbocycles. The van der Waals surface area contributed by atoms with Crippen LogP contribution in [0, 0.1) is 0 Å². The first-order valence-electron chi connectivity index (χ1n) is 5.12. The Bertz CT molecular complexity index is 476. The lowest BCUT2D eigenvalue weighted by atomic mass is 10.2. The van der Waals surface area contributed by atoms with Crippen LogP contribution in [-0.4, -0.2) is 35.5 Å². The van der Waals surface area contributed by atoms with Gasteiger partial charge in [-0.1, -0.05) is 6.92 Å².